The van der Waals surface area contributed by atoms with Crippen LogP contribution in [0.25, 0.3) is 11.1 Å². The van der Waals surface area contributed by atoms with E-state index in [0.29, 0.717) is 45.6 Å². The molecule has 11 heteroatoms. The summed E-state index contributed by atoms with van der Waals surface area (Å²) in [6.45, 7) is 8.84. The Kier molecular flexibility index (Phi) is 12.0. The summed E-state index contributed by atoms with van der Waals surface area (Å²) in [5.74, 6) is -1.46. The van der Waals surface area contributed by atoms with Crippen molar-refractivity contribution in [3.8, 4) is 11.1 Å². The fourth-order valence-corrected chi connectivity index (χ4v) is 6.07. The molecule has 0 unspecified atom stereocenters. The van der Waals surface area contributed by atoms with Crippen LogP contribution in [0.5, 0.6) is 0 Å². The van der Waals surface area contributed by atoms with Crippen LogP contribution in [0.2, 0.25) is 0 Å². The second-order valence-corrected chi connectivity index (χ2v) is 12.4. The Morgan fingerprint density at radius 1 is 0.957 bits per heavy atom. The Morgan fingerprint density at radius 3 is 2.11 bits per heavy atom. The van der Waals surface area contributed by atoms with E-state index >= 15 is 0 Å². The van der Waals surface area contributed by atoms with Gasteiger partial charge in [0.15, 0.2) is 0 Å². The first-order chi connectivity index (χ1) is 22.1. The SMILES string of the molecule is CCC(C)(CC)OC(=O)CN1CCN(C(=O)NCCCC[C@@H](C(=O)O)N(C)C(=O)OCC2c3ccccc3-c3ccccc32)CC1. The molecule has 1 saturated heterocycles. The van der Waals surface area contributed by atoms with Crippen LogP contribution in [0.15, 0.2) is 48.5 Å². The van der Waals surface area contributed by atoms with Crippen LogP contribution in [0, 0.1) is 0 Å². The van der Waals surface area contributed by atoms with Gasteiger partial charge in [0.1, 0.15) is 18.2 Å². The number of amides is 3. The van der Waals surface area contributed by atoms with Gasteiger partial charge < -0.3 is 24.8 Å². The van der Waals surface area contributed by atoms with Crippen LogP contribution in [0.4, 0.5) is 9.59 Å². The number of esters is 1. The average molecular weight is 637 g/mol. The normalized spacial score (nSPS) is 15.4. The number of carboxylic acids is 1. The van der Waals surface area contributed by atoms with Gasteiger partial charge in [-0.05, 0) is 61.3 Å². The molecule has 4 rings (SSSR count). The van der Waals surface area contributed by atoms with Crippen molar-refractivity contribution < 1.29 is 33.8 Å². The van der Waals surface area contributed by atoms with Gasteiger partial charge in [-0.15, -0.1) is 0 Å². The van der Waals surface area contributed by atoms with E-state index in [1.807, 2.05) is 62.1 Å². The summed E-state index contributed by atoms with van der Waals surface area (Å²) in [6.07, 6.45) is 2.14. The molecule has 11 nitrogen and oxygen atoms in total. The average Bonchev–Trinajstić information content (AvgIpc) is 3.38. The quantitative estimate of drug-likeness (QED) is 0.221. The molecule has 1 atom stereocenters. The maximum Gasteiger partial charge on any atom is 0.410 e. The number of nitrogens with one attached hydrogen (secondary N) is 1. The zero-order chi connectivity index (χ0) is 33.3. The van der Waals surface area contributed by atoms with Crippen molar-refractivity contribution in [2.75, 3.05) is 52.9 Å². The number of rotatable bonds is 14. The minimum absolute atomic E-state index is 0.112. The summed E-state index contributed by atoms with van der Waals surface area (Å²) in [5.41, 5.74) is 3.97. The molecule has 2 aromatic rings. The van der Waals surface area contributed by atoms with Crippen LogP contribution in [-0.4, -0.2) is 108 Å². The van der Waals surface area contributed by atoms with E-state index < -0.39 is 23.7 Å². The zero-order valence-corrected chi connectivity index (χ0v) is 27.5. The number of carboxylic acid groups (broad SMARTS) is 1. The van der Waals surface area contributed by atoms with Crippen LogP contribution >= 0.6 is 0 Å². The first-order valence-corrected chi connectivity index (χ1v) is 16.3. The van der Waals surface area contributed by atoms with Gasteiger partial charge in [0.2, 0.25) is 0 Å². The number of aliphatic carboxylic acids is 1. The Hall–Kier alpha value is -4.12. The first-order valence-electron chi connectivity index (χ1n) is 16.3. The van der Waals surface area contributed by atoms with E-state index in [1.165, 1.54) is 7.05 Å². The summed E-state index contributed by atoms with van der Waals surface area (Å²) < 4.78 is 11.3. The summed E-state index contributed by atoms with van der Waals surface area (Å²) in [7, 11) is 1.45. The monoisotopic (exact) mass is 636 g/mol. The van der Waals surface area contributed by atoms with Crippen LogP contribution in [0.1, 0.15) is 69.9 Å². The highest BCUT2D eigenvalue weighted by Crippen LogP contribution is 2.44. The minimum Gasteiger partial charge on any atom is -0.480 e. The fraction of sp³-hybridized carbons (Fsp3) is 0.543. The molecule has 2 aromatic carbocycles. The highest BCUT2D eigenvalue weighted by molar-refractivity contribution is 5.81. The van der Waals surface area contributed by atoms with Crippen LogP contribution in [0.3, 0.4) is 0 Å². The first kappa shape index (κ1) is 34.7. The highest BCUT2D eigenvalue weighted by Gasteiger charge is 2.32. The highest BCUT2D eigenvalue weighted by atomic mass is 16.6. The number of carbonyl (C=O) groups is 4. The second kappa shape index (κ2) is 15.9. The third-order valence-corrected chi connectivity index (χ3v) is 9.43. The maximum absolute atomic E-state index is 12.9. The fourth-order valence-electron chi connectivity index (χ4n) is 6.07. The summed E-state index contributed by atoms with van der Waals surface area (Å²) in [6, 6.07) is 14.9. The molecule has 0 bridgehead atoms. The van der Waals surface area contributed by atoms with E-state index in [0.717, 1.165) is 40.0 Å². The number of nitrogens with zero attached hydrogens (tertiary/aromatic N) is 3. The van der Waals surface area contributed by atoms with Crippen LogP contribution in [-0.2, 0) is 19.1 Å². The molecule has 250 valence electrons. The smallest absolute Gasteiger partial charge is 0.410 e. The molecule has 0 radical (unpaired) electrons. The van der Waals surface area contributed by atoms with Gasteiger partial charge in [-0.1, -0.05) is 62.4 Å². The third-order valence-electron chi connectivity index (χ3n) is 9.43. The predicted molar refractivity (Wildman–Crippen MR) is 175 cm³/mol. The predicted octanol–water partition coefficient (Wildman–Crippen LogP) is 4.94. The van der Waals surface area contributed by atoms with E-state index in [2.05, 4.69) is 17.4 Å². The van der Waals surface area contributed by atoms with Gasteiger partial charge in [0.25, 0.3) is 0 Å². The molecule has 0 saturated carbocycles. The van der Waals surface area contributed by atoms with Crippen molar-refractivity contribution in [3.63, 3.8) is 0 Å². The van der Waals surface area contributed by atoms with E-state index in [4.69, 9.17) is 9.47 Å². The van der Waals surface area contributed by atoms with Crippen molar-refractivity contribution >= 4 is 24.1 Å². The topological polar surface area (TPSA) is 129 Å². The molecule has 2 N–H and O–H groups in total. The molecule has 1 aliphatic heterocycles. The lowest BCUT2D eigenvalue weighted by Gasteiger charge is -2.35. The third kappa shape index (κ3) is 8.57. The van der Waals surface area contributed by atoms with E-state index in [-0.39, 0.29) is 37.5 Å². The van der Waals surface area contributed by atoms with Gasteiger partial charge in [0.05, 0.1) is 6.54 Å². The summed E-state index contributed by atoms with van der Waals surface area (Å²) >= 11 is 0. The van der Waals surface area contributed by atoms with Crippen molar-refractivity contribution in [2.24, 2.45) is 0 Å². The molecule has 46 heavy (non-hydrogen) atoms. The Bertz CT molecular complexity index is 1320. The van der Waals surface area contributed by atoms with Crippen molar-refractivity contribution in [2.45, 2.75) is 70.4 Å². The minimum atomic E-state index is -1.10. The number of hydrogen-bond donors (Lipinski definition) is 2. The van der Waals surface area contributed by atoms with Gasteiger partial charge in [0, 0.05) is 45.7 Å². The number of piperazine rings is 1. The molecule has 1 aliphatic carbocycles. The molecule has 2 aliphatic rings. The van der Waals surface area contributed by atoms with Gasteiger partial charge in [-0.3, -0.25) is 14.6 Å². The van der Waals surface area contributed by atoms with Crippen molar-refractivity contribution in [1.82, 2.24) is 20.0 Å². The standard InChI is InChI=1S/C35H48N4O7/c1-5-35(3,6-2)46-31(40)23-38-19-21-39(22-20-38)33(43)36-18-12-11-17-30(32(41)42)37(4)34(44)45-24-29-27-15-9-7-13-25(27)26-14-8-10-16-28(26)29/h7-10,13-16,29-30H,5-6,11-12,17-24H2,1-4H3,(H,36,43)(H,41,42)/t30-/m0/s1. The largest absolute Gasteiger partial charge is 0.480 e. The number of ether oxygens (including phenoxy) is 2. The molecule has 3 amide bonds. The van der Waals surface area contributed by atoms with Gasteiger partial charge in [-0.25, -0.2) is 14.4 Å². The van der Waals surface area contributed by atoms with E-state index in [9.17, 15) is 24.3 Å². The Labute approximate surface area is 271 Å². The molecule has 0 spiro atoms. The lowest BCUT2D eigenvalue weighted by molar-refractivity contribution is -0.160. The summed E-state index contributed by atoms with van der Waals surface area (Å²) in [5, 5.41) is 12.7. The lowest BCUT2D eigenvalue weighted by atomic mass is 9.98. The van der Waals surface area contributed by atoms with Gasteiger partial charge >= 0.3 is 24.1 Å². The lowest BCUT2D eigenvalue weighted by Crippen LogP contribution is -2.53. The number of hydrogen-bond acceptors (Lipinski definition) is 7. The maximum atomic E-state index is 12.9. The number of unbranched alkanes of at least 4 members (excludes halogenated alkanes) is 1. The Morgan fingerprint density at radius 2 is 1.54 bits per heavy atom. The molecule has 0 aromatic heterocycles. The number of fused-ring (bicyclic) bond motifs is 3. The van der Waals surface area contributed by atoms with Gasteiger partial charge in [-0.2, -0.15) is 0 Å². The molecule has 1 fully saturated rings. The van der Waals surface area contributed by atoms with Crippen LogP contribution < -0.4 is 5.32 Å². The van der Waals surface area contributed by atoms with E-state index in [1.54, 1.807) is 4.90 Å². The number of benzene rings is 2. The summed E-state index contributed by atoms with van der Waals surface area (Å²) in [4.78, 5) is 54.9. The Balaban J connectivity index is 1.15. The second-order valence-electron chi connectivity index (χ2n) is 12.4. The van der Waals surface area contributed by atoms with Crippen molar-refractivity contribution in [3.05, 3.63) is 59.7 Å². The molecule has 1 heterocycles. The number of carbonyl (C=O) groups excluding carboxylic acids is 3. The molecular weight excluding hydrogens is 588 g/mol. The number of urea groups is 1. The molecular formula is C35H48N4O7. The van der Waals surface area contributed by atoms with Crippen molar-refractivity contribution in [1.29, 1.82) is 0 Å². The zero-order valence-electron chi connectivity index (χ0n) is 27.5. The number of likely N-dealkylation sites (N-methyl/N-ethyl adjacent to an activating group) is 1.